The summed E-state index contributed by atoms with van der Waals surface area (Å²) < 4.78 is 5.39. The summed E-state index contributed by atoms with van der Waals surface area (Å²) in [5.74, 6) is 0.359. The van der Waals surface area contributed by atoms with Crippen LogP contribution >= 0.6 is 0 Å². The third-order valence-corrected chi connectivity index (χ3v) is 4.71. The fourth-order valence-corrected chi connectivity index (χ4v) is 3.64. The SMILES string of the molecule is CO[C@@H]1CN(c2nc3c(cc2[N+](=O)[O-])CCCC3)C[C@](C)(O)C1. The number of nitrogens with zero attached hydrogens (tertiary/aromatic N) is 3. The molecule has 0 aromatic carbocycles. The molecule has 0 saturated carbocycles. The highest BCUT2D eigenvalue weighted by atomic mass is 16.6. The van der Waals surface area contributed by atoms with E-state index in [9.17, 15) is 15.2 Å². The molecule has 0 unspecified atom stereocenters. The van der Waals surface area contributed by atoms with Crippen LogP contribution in [0.25, 0.3) is 0 Å². The zero-order chi connectivity index (χ0) is 16.6. The van der Waals surface area contributed by atoms with E-state index in [1.807, 2.05) is 0 Å². The normalized spacial score (nSPS) is 27.6. The van der Waals surface area contributed by atoms with Crippen LogP contribution in [0.15, 0.2) is 6.07 Å². The van der Waals surface area contributed by atoms with Crippen LogP contribution in [-0.4, -0.2) is 46.9 Å². The number of pyridine rings is 1. The molecule has 0 bridgehead atoms. The van der Waals surface area contributed by atoms with Gasteiger partial charge in [-0.05, 0) is 38.2 Å². The Morgan fingerprint density at radius 3 is 2.91 bits per heavy atom. The van der Waals surface area contributed by atoms with Crippen LogP contribution in [-0.2, 0) is 17.6 Å². The number of aryl methyl sites for hydroxylation is 2. The average molecular weight is 321 g/mol. The molecular weight excluding hydrogens is 298 g/mol. The first-order valence-corrected chi connectivity index (χ1v) is 8.07. The van der Waals surface area contributed by atoms with E-state index in [0.717, 1.165) is 36.9 Å². The minimum absolute atomic E-state index is 0.0261. The molecule has 2 atom stereocenters. The van der Waals surface area contributed by atoms with Crippen molar-refractivity contribution < 1.29 is 14.8 Å². The lowest BCUT2D eigenvalue weighted by Gasteiger charge is -2.41. The highest BCUT2D eigenvalue weighted by Gasteiger charge is 2.38. The van der Waals surface area contributed by atoms with Crippen LogP contribution in [0.3, 0.4) is 0 Å². The van der Waals surface area contributed by atoms with Crippen LogP contribution < -0.4 is 4.90 Å². The van der Waals surface area contributed by atoms with Crippen molar-refractivity contribution in [3.63, 3.8) is 0 Å². The smallest absolute Gasteiger partial charge is 0.311 e. The quantitative estimate of drug-likeness (QED) is 0.675. The van der Waals surface area contributed by atoms with E-state index in [0.29, 0.717) is 25.3 Å². The number of rotatable bonds is 3. The minimum atomic E-state index is -0.954. The lowest BCUT2D eigenvalue weighted by atomic mass is 9.92. The third-order valence-electron chi connectivity index (χ3n) is 4.71. The fourth-order valence-electron chi connectivity index (χ4n) is 3.64. The molecule has 1 N–H and O–H groups in total. The predicted molar refractivity (Wildman–Crippen MR) is 85.8 cm³/mol. The van der Waals surface area contributed by atoms with Gasteiger partial charge in [0.1, 0.15) is 0 Å². The van der Waals surface area contributed by atoms with Crippen LogP contribution in [0.2, 0.25) is 0 Å². The van der Waals surface area contributed by atoms with Gasteiger partial charge in [-0.1, -0.05) is 0 Å². The molecule has 0 radical (unpaired) electrons. The minimum Gasteiger partial charge on any atom is -0.388 e. The lowest BCUT2D eigenvalue weighted by Crippen LogP contribution is -2.53. The first kappa shape index (κ1) is 16.1. The standard InChI is InChI=1S/C16H23N3O4/c1-16(20)8-12(23-2)9-18(10-16)15-14(19(21)22)7-11-5-3-4-6-13(11)17-15/h7,12,20H,3-6,8-10H2,1-2H3/t12-,16+/m0/s1. The van der Waals surface area contributed by atoms with E-state index in [1.165, 1.54) is 0 Å². The summed E-state index contributed by atoms with van der Waals surface area (Å²) in [7, 11) is 1.60. The van der Waals surface area contributed by atoms with Crippen LogP contribution in [0, 0.1) is 10.1 Å². The van der Waals surface area contributed by atoms with Gasteiger partial charge in [0.25, 0.3) is 0 Å². The third kappa shape index (κ3) is 3.30. The first-order chi connectivity index (χ1) is 10.9. The van der Waals surface area contributed by atoms with E-state index in [-0.39, 0.29) is 16.7 Å². The summed E-state index contributed by atoms with van der Waals surface area (Å²) in [6.45, 7) is 2.55. The Kier molecular flexibility index (Phi) is 4.25. The molecule has 1 aliphatic heterocycles. The molecule has 1 fully saturated rings. The van der Waals surface area contributed by atoms with Gasteiger partial charge in [-0.25, -0.2) is 4.98 Å². The van der Waals surface area contributed by atoms with E-state index in [4.69, 9.17) is 4.74 Å². The van der Waals surface area contributed by atoms with Crippen molar-refractivity contribution in [2.45, 2.75) is 50.7 Å². The molecule has 23 heavy (non-hydrogen) atoms. The maximum atomic E-state index is 11.5. The predicted octanol–water partition coefficient (Wildman–Crippen LogP) is 1.84. The Balaban J connectivity index is 2.01. The summed E-state index contributed by atoms with van der Waals surface area (Å²) in [6.07, 6.45) is 4.17. The van der Waals surface area contributed by atoms with Crippen molar-refractivity contribution in [3.8, 4) is 0 Å². The Morgan fingerprint density at radius 1 is 1.48 bits per heavy atom. The van der Waals surface area contributed by atoms with Gasteiger partial charge < -0.3 is 14.7 Å². The second-order valence-corrected chi connectivity index (χ2v) is 6.84. The number of nitro groups is 1. The fraction of sp³-hybridized carbons (Fsp3) is 0.688. The van der Waals surface area contributed by atoms with E-state index in [2.05, 4.69) is 4.98 Å². The number of aromatic nitrogens is 1. The van der Waals surface area contributed by atoms with E-state index in [1.54, 1.807) is 25.0 Å². The molecule has 2 heterocycles. The molecule has 2 aliphatic rings. The van der Waals surface area contributed by atoms with Gasteiger partial charge in [0.05, 0.1) is 16.6 Å². The summed E-state index contributed by atoms with van der Waals surface area (Å²) >= 11 is 0. The highest BCUT2D eigenvalue weighted by molar-refractivity contribution is 5.61. The molecule has 1 aromatic heterocycles. The van der Waals surface area contributed by atoms with Gasteiger partial charge in [0, 0.05) is 38.4 Å². The number of aliphatic hydroxyl groups is 1. The van der Waals surface area contributed by atoms with Crippen molar-refractivity contribution in [2.75, 3.05) is 25.1 Å². The van der Waals surface area contributed by atoms with Crippen LogP contribution in [0.5, 0.6) is 0 Å². The number of hydrogen-bond donors (Lipinski definition) is 1. The number of methoxy groups -OCH3 is 1. The summed E-state index contributed by atoms with van der Waals surface area (Å²) in [5.41, 5.74) is 1.01. The van der Waals surface area contributed by atoms with Gasteiger partial charge in [-0.15, -0.1) is 0 Å². The van der Waals surface area contributed by atoms with Crippen molar-refractivity contribution >= 4 is 11.5 Å². The molecule has 0 amide bonds. The molecule has 7 heteroatoms. The maximum Gasteiger partial charge on any atom is 0.311 e. The zero-order valence-electron chi connectivity index (χ0n) is 13.6. The zero-order valence-corrected chi connectivity index (χ0v) is 13.6. The number of piperidine rings is 1. The molecule has 7 nitrogen and oxygen atoms in total. The maximum absolute atomic E-state index is 11.5. The number of β-amino-alcohol motifs (C(OH)–C–C–N with tert-alkyl or cyclic N) is 1. The number of hydrogen-bond acceptors (Lipinski definition) is 6. The Bertz CT molecular complexity index is 618. The Morgan fingerprint density at radius 2 is 2.22 bits per heavy atom. The van der Waals surface area contributed by atoms with Gasteiger partial charge in [-0.3, -0.25) is 10.1 Å². The van der Waals surface area contributed by atoms with E-state index < -0.39 is 5.60 Å². The van der Waals surface area contributed by atoms with Crippen molar-refractivity contribution in [1.29, 1.82) is 0 Å². The van der Waals surface area contributed by atoms with Gasteiger partial charge >= 0.3 is 5.69 Å². The topological polar surface area (TPSA) is 88.7 Å². The molecule has 1 aromatic rings. The first-order valence-electron chi connectivity index (χ1n) is 8.07. The molecule has 1 saturated heterocycles. The molecule has 126 valence electrons. The molecule has 0 spiro atoms. The number of fused-ring (bicyclic) bond motifs is 1. The number of anilines is 1. The monoisotopic (exact) mass is 321 g/mol. The van der Waals surface area contributed by atoms with Gasteiger partial charge in [0.2, 0.25) is 5.82 Å². The Hall–Kier alpha value is -1.73. The van der Waals surface area contributed by atoms with Gasteiger partial charge in [0.15, 0.2) is 0 Å². The molecular formula is C16H23N3O4. The largest absolute Gasteiger partial charge is 0.388 e. The summed E-state index contributed by atoms with van der Waals surface area (Å²) in [6, 6.07) is 1.67. The second kappa shape index (κ2) is 6.05. The highest BCUT2D eigenvalue weighted by Crippen LogP contribution is 2.35. The van der Waals surface area contributed by atoms with Gasteiger partial charge in [-0.2, -0.15) is 0 Å². The molecule has 1 aliphatic carbocycles. The number of ether oxygens (including phenoxy) is 1. The lowest BCUT2D eigenvalue weighted by molar-refractivity contribution is -0.384. The van der Waals surface area contributed by atoms with Crippen LogP contribution in [0.4, 0.5) is 11.5 Å². The molecule has 3 rings (SSSR count). The second-order valence-electron chi connectivity index (χ2n) is 6.84. The van der Waals surface area contributed by atoms with Crippen molar-refractivity contribution in [2.24, 2.45) is 0 Å². The van der Waals surface area contributed by atoms with Crippen molar-refractivity contribution in [1.82, 2.24) is 4.98 Å². The summed E-state index contributed by atoms with van der Waals surface area (Å²) in [4.78, 5) is 17.5. The van der Waals surface area contributed by atoms with E-state index >= 15 is 0 Å². The summed E-state index contributed by atoms with van der Waals surface area (Å²) in [5, 5.41) is 22.0. The van der Waals surface area contributed by atoms with Crippen LogP contribution in [0.1, 0.15) is 37.4 Å². The Labute approximate surface area is 135 Å². The average Bonchev–Trinajstić information content (AvgIpc) is 2.51. The van der Waals surface area contributed by atoms with Crippen molar-refractivity contribution in [3.05, 3.63) is 27.4 Å².